The summed E-state index contributed by atoms with van der Waals surface area (Å²) < 4.78 is 5.89. The van der Waals surface area contributed by atoms with Crippen LogP contribution in [0.1, 0.15) is 104 Å². The van der Waals surface area contributed by atoms with E-state index in [1.54, 1.807) is 0 Å². The average molecular weight is 404 g/mol. The van der Waals surface area contributed by atoms with Gasteiger partial charge in [0, 0.05) is 5.54 Å². The van der Waals surface area contributed by atoms with Crippen molar-refractivity contribution in [3.63, 3.8) is 0 Å². The van der Waals surface area contributed by atoms with Crippen LogP contribution in [0.5, 0.6) is 0 Å². The summed E-state index contributed by atoms with van der Waals surface area (Å²) in [4.78, 5) is 13.6. The maximum Gasteiger partial charge on any atom is 0.313 e. The molecule has 0 fully saturated rings. The van der Waals surface area contributed by atoms with E-state index in [4.69, 9.17) is 10.5 Å². The highest BCUT2D eigenvalue weighted by Crippen LogP contribution is 2.46. The molecule has 1 rings (SSSR count). The van der Waals surface area contributed by atoms with Crippen molar-refractivity contribution in [3.8, 4) is 0 Å². The molecule has 1 aromatic carbocycles. The fraction of sp³-hybridized carbons (Fsp3) is 0.731. The molecule has 0 amide bonds. The van der Waals surface area contributed by atoms with Crippen molar-refractivity contribution in [1.82, 2.24) is 0 Å². The van der Waals surface area contributed by atoms with Gasteiger partial charge in [-0.3, -0.25) is 4.79 Å². The zero-order valence-electron chi connectivity index (χ0n) is 19.5. The minimum absolute atomic E-state index is 0.0533. The second kappa shape index (κ2) is 13.8. The van der Waals surface area contributed by atoms with Gasteiger partial charge < -0.3 is 10.5 Å². The van der Waals surface area contributed by atoms with Crippen molar-refractivity contribution < 1.29 is 9.53 Å². The predicted molar refractivity (Wildman–Crippen MR) is 124 cm³/mol. The van der Waals surface area contributed by atoms with Gasteiger partial charge in [0.15, 0.2) is 0 Å². The Morgan fingerprint density at radius 2 is 1.34 bits per heavy atom. The Morgan fingerprint density at radius 1 is 0.828 bits per heavy atom. The van der Waals surface area contributed by atoms with Gasteiger partial charge in [-0.25, -0.2) is 0 Å². The van der Waals surface area contributed by atoms with E-state index in [1.807, 2.05) is 6.07 Å². The minimum atomic E-state index is -0.613. The highest BCUT2D eigenvalue weighted by Gasteiger charge is 2.53. The van der Waals surface area contributed by atoms with Gasteiger partial charge in [0.2, 0.25) is 0 Å². The standard InChI is InChI=1S/C26H45NO2/c1-5-9-18-25(19-10-6-2,24(28)29-21-12-8-4)26(27,20-11-7-3)22-23-16-14-13-15-17-23/h13-17H,5-12,18-22,27H2,1-4H3. The molecule has 0 bridgehead atoms. The molecule has 1 atom stereocenters. The van der Waals surface area contributed by atoms with Crippen LogP contribution >= 0.6 is 0 Å². The SMILES string of the molecule is CCCCOC(=O)C(CCCC)(CCCC)C(N)(CCCC)Cc1ccccc1. The Balaban J connectivity index is 3.37. The van der Waals surface area contributed by atoms with Crippen molar-refractivity contribution in [1.29, 1.82) is 0 Å². The van der Waals surface area contributed by atoms with Crippen LogP contribution in [-0.2, 0) is 16.0 Å². The third kappa shape index (κ3) is 7.44. The lowest BCUT2D eigenvalue weighted by Gasteiger charge is -2.47. The Morgan fingerprint density at radius 3 is 1.86 bits per heavy atom. The maximum atomic E-state index is 13.6. The number of hydrogen-bond donors (Lipinski definition) is 1. The summed E-state index contributed by atoms with van der Waals surface area (Å²) in [6.07, 6.45) is 11.4. The third-order valence-corrected chi connectivity index (χ3v) is 6.33. The van der Waals surface area contributed by atoms with Gasteiger partial charge in [0.1, 0.15) is 0 Å². The number of esters is 1. The number of hydrogen-bond acceptors (Lipinski definition) is 3. The van der Waals surface area contributed by atoms with E-state index in [9.17, 15) is 4.79 Å². The fourth-order valence-electron chi connectivity index (χ4n) is 4.38. The quantitative estimate of drug-likeness (QED) is 0.243. The minimum Gasteiger partial charge on any atom is -0.465 e. The van der Waals surface area contributed by atoms with Crippen LogP contribution in [0.15, 0.2) is 30.3 Å². The van der Waals surface area contributed by atoms with Crippen LogP contribution in [0.4, 0.5) is 0 Å². The molecule has 29 heavy (non-hydrogen) atoms. The van der Waals surface area contributed by atoms with E-state index in [-0.39, 0.29) is 5.97 Å². The first kappa shape index (κ1) is 25.7. The summed E-state index contributed by atoms with van der Waals surface area (Å²) in [5.74, 6) is -0.0533. The van der Waals surface area contributed by atoms with Crippen molar-refractivity contribution in [3.05, 3.63) is 35.9 Å². The Kier molecular flexibility index (Phi) is 12.2. The Labute approximate surface area is 179 Å². The van der Waals surface area contributed by atoms with Crippen LogP contribution < -0.4 is 5.73 Å². The number of rotatable bonds is 16. The number of unbranched alkanes of at least 4 members (excludes halogenated alkanes) is 4. The molecule has 0 saturated carbocycles. The average Bonchev–Trinajstić information content (AvgIpc) is 2.73. The van der Waals surface area contributed by atoms with Gasteiger partial charge in [-0.15, -0.1) is 0 Å². The normalized spacial score (nSPS) is 13.8. The van der Waals surface area contributed by atoms with Crippen molar-refractivity contribution in [2.45, 2.75) is 110 Å². The smallest absolute Gasteiger partial charge is 0.313 e. The molecular formula is C26H45NO2. The third-order valence-electron chi connectivity index (χ3n) is 6.33. The van der Waals surface area contributed by atoms with E-state index in [1.165, 1.54) is 5.56 Å². The molecule has 0 aliphatic rings. The fourth-order valence-corrected chi connectivity index (χ4v) is 4.38. The molecule has 1 aromatic rings. The molecular weight excluding hydrogens is 358 g/mol. The maximum absolute atomic E-state index is 13.6. The second-order valence-electron chi connectivity index (χ2n) is 8.70. The van der Waals surface area contributed by atoms with Crippen LogP contribution in [-0.4, -0.2) is 18.1 Å². The summed E-state index contributed by atoms with van der Waals surface area (Å²) in [6.45, 7) is 9.20. The molecule has 0 aliphatic heterocycles. The molecule has 3 nitrogen and oxygen atoms in total. The Bertz CT molecular complexity index is 549. The molecule has 0 aromatic heterocycles. The topological polar surface area (TPSA) is 52.3 Å². The zero-order valence-corrected chi connectivity index (χ0v) is 19.5. The summed E-state index contributed by atoms with van der Waals surface area (Å²) in [7, 11) is 0. The van der Waals surface area contributed by atoms with Gasteiger partial charge in [-0.05, 0) is 37.7 Å². The molecule has 0 radical (unpaired) electrons. The summed E-state index contributed by atoms with van der Waals surface area (Å²) in [5, 5.41) is 0. The zero-order chi connectivity index (χ0) is 21.6. The summed E-state index contributed by atoms with van der Waals surface area (Å²) in [5.41, 5.74) is 7.30. The number of ether oxygens (including phenoxy) is 1. The number of carbonyl (C=O) groups excluding carboxylic acids is 1. The molecule has 0 aliphatic carbocycles. The lowest BCUT2D eigenvalue weighted by atomic mass is 9.60. The van der Waals surface area contributed by atoms with Crippen LogP contribution in [0.2, 0.25) is 0 Å². The largest absolute Gasteiger partial charge is 0.465 e. The van der Waals surface area contributed by atoms with Gasteiger partial charge in [-0.2, -0.15) is 0 Å². The van der Waals surface area contributed by atoms with E-state index in [0.29, 0.717) is 6.61 Å². The van der Waals surface area contributed by atoms with Gasteiger partial charge >= 0.3 is 5.97 Å². The summed E-state index contributed by atoms with van der Waals surface area (Å²) in [6, 6.07) is 10.4. The lowest BCUT2D eigenvalue weighted by Crippen LogP contribution is -2.61. The monoisotopic (exact) mass is 403 g/mol. The highest BCUT2D eigenvalue weighted by molar-refractivity contribution is 5.79. The molecule has 0 spiro atoms. The first-order valence-electron chi connectivity index (χ1n) is 12.0. The second-order valence-corrected chi connectivity index (χ2v) is 8.70. The number of benzene rings is 1. The number of nitrogens with two attached hydrogens (primary N) is 1. The molecule has 3 heteroatoms. The van der Waals surface area contributed by atoms with E-state index >= 15 is 0 Å². The van der Waals surface area contributed by atoms with Gasteiger partial charge in [0.05, 0.1) is 12.0 Å². The first-order valence-corrected chi connectivity index (χ1v) is 12.0. The molecule has 0 saturated heterocycles. The number of carbonyl (C=O) groups is 1. The van der Waals surface area contributed by atoms with E-state index in [0.717, 1.165) is 77.0 Å². The predicted octanol–water partition coefficient (Wildman–Crippen LogP) is 6.83. The highest BCUT2D eigenvalue weighted by atomic mass is 16.5. The molecule has 0 heterocycles. The van der Waals surface area contributed by atoms with Gasteiger partial charge in [-0.1, -0.05) is 103 Å². The molecule has 166 valence electrons. The first-order chi connectivity index (χ1) is 14.0. The van der Waals surface area contributed by atoms with Crippen LogP contribution in [0, 0.1) is 5.41 Å². The van der Waals surface area contributed by atoms with Crippen molar-refractivity contribution in [2.24, 2.45) is 11.1 Å². The van der Waals surface area contributed by atoms with E-state index in [2.05, 4.69) is 52.0 Å². The summed E-state index contributed by atoms with van der Waals surface area (Å²) >= 11 is 0. The Hall–Kier alpha value is -1.35. The van der Waals surface area contributed by atoms with E-state index < -0.39 is 11.0 Å². The van der Waals surface area contributed by atoms with Crippen LogP contribution in [0.25, 0.3) is 0 Å². The lowest BCUT2D eigenvalue weighted by molar-refractivity contribution is -0.163. The van der Waals surface area contributed by atoms with Gasteiger partial charge in [0.25, 0.3) is 0 Å². The molecule has 2 N–H and O–H groups in total. The van der Waals surface area contributed by atoms with Crippen molar-refractivity contribution >= 4 is 5.97 Å². The van der Waals surface area contributed by atoms with Crippen molar-refractivity contribution in [2.75, 3.05) is 6.61 Å². The van der Waals surface area contributed by atoms with Crippen LogP contribution in [0.3, 0.4) is 0 Å². The molecule has 1 unspecified atom stereocenters.